The number of benzene rings is 3. The zero-order chi connectivity index (χ0) is 33.9. The van der Waals surface area contributed by atoms with Gasteiger partial charge in [-0.2, -0.15) is 5.10 Å². The lowest BCUT2D eigenvalue weighted by atomic mass is 9.98. The summed E-state index contributed by atoms with van der Waals surface area (Å²) in [6, 6.07) is 19.9. The predicted molar refractivity (Wildman–Crippen MR) is 183 cm³/mol. The van der Waals surface area contributed by atoms with E-state index in [1.165, 1.54) is 4.90 Å². The average molecular weight is 641 g/mol. The van der Waals surface area contributed by atoms with Crippen LogP contribution in [-0.2, 0) is 31.4 Å². The molecule has 10 heteroatoms. The number of hydrogen-bond donors (Lipinski definition) is 2. The van der Waals surface area contributed by atoms with E-state index < -0.39 is 17.7 Å². The molecule has 248 valence electrons. The number of rotatable bonds is 12. The van der Waals surface area contributed by atoms with E-state index >= 15 is 0 Å². The molecule has 1 amide bonds. The number of amides is 1. The van der Waals surface area contributed by atoms with Crippen LogP contribution in [0.4, 0.5) is 4.79 Å². The molecule has 0 fully saturated rings. The molecule has 5 aromatic rings. The number of nitrogens with zero attached hydrogens (tertiary/aromatic N) is 4. The zero-order valence-corrected chi connectivity index (χ0v) is 28.0. The van der Waals surface area contributed by atoms with Gasteiger partial charge in [-0.05, 0) is 64.0 Å². The number of hydrogen-bond acceptors (Lipinski definition) is 6. The van der Waals surface area contributed by atoms with Gasteiger partial charge in [-0.15, -0.1) is 0 Å². The van der Waals surface area contributed by atoms with Gasteiger partial charge in [0.2, 0.25) is 0 Å². The van der Waals surface area contributed by atoms with Crippen molar-refractivity contribution in [2.45, 2.75) is 65.7 Å². The van der Waals surface area contributed by atoms with Gasteiger partial charge in [0, 0.05) is 49.1 Å². The molecule has 47 heavy (non-hydrogen) atoms. The molecule has 3 aromatic carbocycles. The lowest BCUT2D eigenvalue weighted by Crippen LogP contribution is -2.35. The first-order chi connectivity index (χ1) is 22.4. The smallest absolute Gasteiger partial charge is 0.410 e. The Hall–Kier alpha value is -4.83. The van der Waals surface area contributed by atoms with E-state index in [1.807, 2.05) is 92.9 Å². The van der Waals surface area contributed by atoms with Crippen molar-refractivity contribution in [3.8, 4) is 16.9 Å². The number of aliphatic hydroxyl groups is 1. The van der Waals surface area contributed by atoms with Crippen molar-refractivity contribution in [1.82, 2.24) is 19.2 Å². The maximum atomic E-state index is 13.0. The minimum Gasteiger partial charge on any atom is -0.493 e. The second-order valence-electron chi connectivity index (χ2n) is 12.9. The minimum atomic E-state index is -1.03. The molecule has 0 saturated carbocycles. The third kappa shape index (κ3) is 7.12. The van der Waals surface area contributed by atoms with Gasteiger partial charge in [0.15, 0.2) is 0 Å². The molecule has 2 N–H and O–H groups in total. The predicted octanol–water partition coefficient (Wildman–Crippen LogP) is 6.96. The van der Waals surface area contributed by atoms with E-state index in [1.54, 1.807) is 18.8 Å². The van der Waals surface area contributed by atoms with Crippen LogP contribution in [0, 0.1) is 6.92 Å². The number of carboxylic acids is 1. The Morgan fingerprint density at radius 3 is 2.40 bits per heavy atom. The summed E-state index contributed by atoms with van der Waals surface area (Å²) in [7, 11) is 3.47. The lowest BCUT2D eigenvalue weighted by Gasteiger charge is -2.24. The van der Waals surface area contributed by atoms with E-state index in [-0.39, 0.29) is 12.3 Å². The number of carboxylic acid groups (broad SMARTS) is 1. The topological polar surface area (TPSA) is 119 Å². The molecule has 0 aliphatic heterocycles. The van der Waals surface area contributed by atoms with Gasteiger partial charge in [0.1, 0.15) is 17.0 Å². The van der Waals surface area contributed by atoms with Crippen LogP contribution in [-0.4, -0.2) is 67.3 Å². The summed E-state index contributed by atoms with van der Waals surface area (Å²) in [5.41, 5.74) is 4.06. The summed E-state index contributed by atoms with van der Waals surface area (Å²) in [4.78, 5) is 27.2. The monoisotopic (exact) mass is 640 g/mol. The first-order valence-corrected chi connectivity index (χ1v) is 16.0. The molecule has 5 rings (SSSR count). The van der Waals surface area contributed by atoms with Crippen molar-refractivity contribution < 1.29 is 29.3 Å². The van der Waals surface area contributed by atoms with E-state index in [4.69, 9.17) is 9.47 Å². The zero-order valence-electron chi connectivity index (χ0n) is 28.0. The Kier molecular flexibility index (Phi) is 9.91. The van der Waals surface area contributed by atoms with Gasteiger partial charge in [-0.25, -0.2) is 9.59 Å². The largest absolute Gasteiger partial charge is 0.493 e. The number of aryl methyl sites for hydroxylation is 4. The Balaban J connectivity index is 1.50. The van der Waals surface area contributed by atoms with Gasteiger partial charge < -0.3 is 29.2 Å². The second kappa shape index (κ2) is 13.9. The molecular formula is C37H44N4O6. The van der Waals surface area contributed by atoms with E-state index in [0.29, 0.717) is 44.7 Å². The number of aliphatic hydroxyl groups excluding tert-OH is 1. The van der Waals surface area contributed by atoms with Crippen LogP contribution in [0.15, 0.2) is 60.7 Å². The number of carbonyl (C=O) groups is 2. The highest BCUT2D eigenvalue weighted by molar-refractivity contribution is 6.04. The first kappa shape index (κ1) is 33.5. The van der Waals surface area contributed by atoms with Gasteiger partial charge in [0.05, 0.1) is 30.1 Å². The second-order valence-corrected chi connectivity index (χ2v) is 12.9. The molecule has 2 aromatic heterocycles. The maximum absolute atomic E-state index is 13.0. The molecule has 0 spiro atoms. The summed E-state index contributed by atoms with van der Waals surface area (Å²) >= 11 is 0. The fourth-order valence-corrected chi connectivity index (χ4v) is 6.29. The van der Waals surface area contributed by atoms with Crippen molar-refractivity contribution in [2.24, 2.45) is 7.05 Å². The molecule has 0 bridgehead atoms. The summed E-state index contributed by atoms with van der Waals surface area (Å²) < 4.78 is 15.2. The number of carbonyl (C=O) groups excluding carboxylic acids is 1. The molecule has 0 unspecified atom stereocenters. The first-order valence-electron chi connectivity index (χ1n) is 16.0. The van der Waals surface area contributed by atoms with Gasteiger partial charge in [-0.3, -0.25) is 4.68 Å². The van der Waals surface area contributed by atoms with Crippen molar-refractivity contribution in [2.75, 3.05) is 20.2 Å². The van der Waals surface area contributed by atoms with Crippen molar-refractivity contribution in [3.05, 3.63) is 83.3 Å². The van der Waals surface area contributed by atoms with Crippen LogP contribution in [0.1, 0.15) is 61.1 Å². The van der Waals surface area contributed by atoms with Gasteiger partial charge >= 0.3 is 12.1 Å². The highest BCUT2D eigenvalue weighted by Gasteiger charge is 2.27. The van der Waals surface area contributed by atoms with E-state index in [2.05, 4.69) is 5.10 Å². The van der Waals surface area contributed by atoms with Crippen molar-refractivity contribution in [1.29, 1.82) is 0 Å². The van der Waals surface area contributed by atoms with Gasteiger partial charge in [-0.1, -0.05) is 54.6 Å². The highest BCUT2D eigenvalue weighted by atomic mass is 16.6. The molecule has 0 aliphatic rings. The lowest BCUT2D eigenvalue weighted by molar-refractivity contribution is 0.0294. The minimum absolute atomic E-state index is 0.213. The molecule has 0 radical (unpaired) electrons. The number of fused-ring (bicyclic) bond motifs is 2. The Labute approximate surface area is 275 Å². The van der Waals surface area contributed by atoms with Gasteiger partial charge in [0.25, 0.3) is 0 Å². The Bertz CT molecular complexity index is 1910. The van der Waals surface area contributed by atoms with Crippen LogP contribution >= 0.6 is 0 Å². The van der Waals surface area contributed by atoms with Crippen LogP contribution in [0.2, 0.25) is 0 Å². The number of para-hydroxylation sites is 1. The van der Waals surface area contributed by atoms with Crippen LogP contribution in [0.5, 0.6) is 5.75 Å². The normalized spacial score (nSPS) is 11.7. The highest BCUT2D eigenvalue weighted by Crippen LogP contribution is 2.38. The van der Waals surface area contributed by atoms with Crippen LogP contribution in [0.25, 0.3) is 32.8 Å². The van der Waals surface area contributed by atoms with Crippen molar-refractivity contribution >= 4 is 33.7 Å². The third-order valence-electron chi connectivity index (χ3n) is 8.31. The Morgan fingerprint density at radius 1 is 0.979 bits per heavy atom. The average Bonchev–Trinajstić information content (AvgIpc) is 3.50. The number of aromatic nitrogens is 3. The summed E-state index contributed by atoms with van der Waals surface area (Å²) in [6.07, 6.45) is 1.15. The maximum Gasteiger partial charge on any atom is 0.410 e. The Morgan fingerprint density at radius 2 is 1.68 bits per heavy atom. The number of ether oxygens (including phenoxy) is 2. The quantitative estimate of drug-likeness (QED) is 0.142. The summed E-state index contributed by atoms with van der Waals surface area (Å²) in [5, 5.41) is 28.5. The van der Waals surface area contributed by atoms with Crippen molar-refractivity contribution in [3.63, 3.8) is 0 Å². The third-order valence-corrected chi connectivity index (χ3v) is 8.31. The number of aromatic carboxylic acids is 1. The van der Waals surface area contributed by atoms with Crippen LogP contribution < -0.4 is 4.74 Å². The standard InChI is InChI=1S/C37H44N4O6/c1-24-32(30(23-42)40(6)38-24)29-17-10-16-27-28(18-11-22-46-31-19-9-14-25-13-7-8-15-26(25)31)34(35(43)44)41(33(27)29)21-12-20-39(5)36(45)47-37(2,3)4/h7-10,13-17,19,42H,11-12,18,20-23H2,1-6H3,(H,43,44). The summed E-state index contributed by atoms with van der Waals surface area (Å²) in [6.45, 7) is 8.27. The molecular weight excluding hydrogens is 596 g/mol. The molecule has 0 aliphatic carbocycles. The molecule has 10 nitrogen and oxygen atoms in total. The molecule has 0 saturated heterocycles. The molecule has 0 atom stereocenters. The van der Waals surface area contributed by atoms with E-state index in [0.717, 1.165) is 49.8 Å². The summed E-state index contributed by atoms with van der Waals surface area (Å²) in [5.74, 6) is -0.230. The SMILES string of the molecule is Cc1nn(C)c(CO)c1-c1cccc2c(CCCOc3cccc4ccccc34)c(C(=O)O)n(CCCN(C)C(=O)OC(C)(C)C)c12. The van der Waals surface area contributed by atoms with E-state index in [9.17, 15) is 19.8 Å². The van der Waals surface area contributed by atoms with Crippen LogP contribution in [0.3, 0.4) is 0 Å². The molecule has 2 heterocycles. The fraction of sp³-hybridized carbons (Fsp3) is 0.378. The fourth-order valence-electron chi connectivity index (χ4n) is 6.29.